The number of esters is 2. The molecule has 0 saturated carbocycles. The Balaban J connectivity index is 2.70. The summed E-state index contributed by atoms with van der Waals surface area (Å²) in [7, 11) is 5.35. The summed E-state index contributed by atoms with van der Waals surface area (Å²) in [5.74, 6) is -3.92. The molecule has 0 spiro atoms. The van der Waals surface area contributed by atoms with Crippen molar-refractivity contribution in [2.45, 2.75) is 19.3 Å². The summed E-state index contributed by atoms with van der Waals surface area (Å²) in [6, 6.07) is 11.5. The van der Waals surface area contributed by atoms with Crippen molar-refractivity contribution in [2.24, 2.45) is 11.8 Å². The molecule has 0 fully saturated rings. The van der Waals surface area contributed by atoms with Crippen molar-refractivity contribution in [1.29, 1.82) is 0 Å². The van der Waals surface area contributed by atoms with E-state index in [1.807, 2.05) is 6.92 Å². The molecule has 0 aromatic heterocycles. The van der Waals surface area contributed by atoms with Crippen LogP contribution in [-0.2, 0) is 19.1 Å². The predicted molar refractivity (Wildman–Crippen MR) is 119 cm³/mol. The fourth-order valence-corrected chi connectivity index (χ4v) is 3.92. The minimum absolute atomic E-state index is 0.234. The molecule has 2 aromatic rings. The topological polar surface area (TPSA) is 88.1 Å². The predicted octanol–water partition coefficient (Wildman–Crippen LogP) is 4.31. The van der Waals surface area contributed by atoms with Crippen LogP contribution >= 0.6 is 11.6 Å². The van der Waals surface area contributed by atoms with Gasteiger partial charge in [-0.2, -0.15) is 0 Å². The molecule has 32 heavy (non-hydrogen) atoms. The molecule has 172 valence electrons. The number of methoxy groups -OCH3 is 4. The summed E-state index contributed by atoms with van der Waals surface area (Å²) in [6.45, 7) is 1.82. The van der Waals surface area contributed by atoms with Crippen molar-refractivity contribution in [3.05, 3.63) is 58.6 Å². The van der Waals surface area contributed by atoms with Crippen LogP contribution < -0.4 is 9.47 Å². The second kappa shape index (κ2) is 11.5. The lowest BCUT2D eigenvalue weighted by Crippen LogP contribution is -2.38. The van der Waals surface area contributed by atoms with Crippen molar-refractivity contribution in [1.82, 2.24) is 0 Å². The van der Waals surface area contributed by atoms with Gasteiger partial charge >= 0.3 is 11.9 Å². The van der Waals surface area contributed by atoms with Gasteiger partial charge in [-0.25, -0.2) is 0 Å². The maximum Gasteiger partial charge on any atom is 0.320 e. The van der Waals surface area contributed by atoms with Crippen LogP contribution in [-0.4, -0.2) is 46.2 Å². The van der Waals surface area contributed by atoms with Gasteiger partial charge in [0.1, 0.15) is 0 Å². The highest BCUT2D eigenvalue weighted by Gasteiger charge is 2.44. The zero-order chi connectivity index (χ0) is 23.8. The summed E-state index contributed by atoms with van der Waals surface area (Å²) in [4.78, 5) is 38.9. The lowest BCUT2D eigenvalue weighted by molar-refractivity contribution is -0.160. The maximum atomic E-state index is 13.5. The molecule has 8 heteroatoms. The Morgan fingerprint density at radius 3 is 1.88 bits per heavy atom. The second-order valence-corrected chi connectivity index (χ2v) is 7.49. The molecular formula is C24H27ClO7. The fourth-order valence-electron chi connectivity index (χ4n) is 3.79. The summed E-state index contributed by atoms with van der Waals surface area (Å²) in [5, 5.41) is 0.494. The molecule has 0 aliphatic rings. The molecule has 7 nitrogen and oxygen atoms in total. The van der Waals surface area contributed by atoms with E-state index in [2.05, 4.69) is 0 Å². The Morgan fingerprint density at radius 1 is 0.844 bits per heavy atom. The van der Waals surface area contributed by atoms with Gasteiger partial charge in [0.25, 0.3) is 0 Å². The Bertz CT molecular complexity index is 939. The number of halogens is 1. The van der Waals surface area contributed by atoms with E-state index in [4.69, 9.17) is 30.5 Å². The molecule has 0 N–H and O–H groups in total. The van der Waals surface area contributed by atoms with E-state index in [0.29, 0.717) is 34.1 Å². The first-order valence-electron chi connectivity index (χ1n) is 10.00. The van der Waals surface area contributed by atoms with Crippen LogP contribution in [0.4, 0.5) is 0 Å². The zero-order valence-electron chi connectivity index (χ0n) is 18.7. The molecular weight excluding hydrogens is 436 g/mol. The summed E-state index contributed by atoms with van der Waals surface area (Å²) in [6.07, 6.45) is 0.352. The summed E-state index contributed by atoms with van der Waals surface area (Å²) < 4.78 is 20.5. The highest BCUT2D eigenvalue weighted by atomic mass is 35.5. The van der Waals surface area contributed by atoms with E-state index in [-0.39, 0.29) is 5.78 Å². The first kappa shape index (κ1) is 25.2. The van der Waals surface area contributed by atoms with Gasteiger partial charge in [-0.15, -0.1) is 0 Å². The van der Waals surface area contributed by atoms with Crippen LogP contribution in [0.1, 0.15) is 35.2 Å². The molecule has 0 radical (unpaired) electrons. The Hall–Kier alpha value is -3.06. The van der Waals surface area contributed by atoms with Crippen LogP contribution in [0.5, 0.6) is 11.5 Å². The number of carbonyl (C=O) groups is 3. The van der Waals surface area contributed by atoms with E-state index in [9.17, 15) is 14.4 Å². The van der Waals surface area contributed by atoms with Gasteiger partial charge in [0.15, 0.2) is 23.2 Å². The van der Waals surface area contributed by atoms with Crippen molar-refractivity contribution in [2.75, 3.05) is 28.4 Å². The molecule has 0 aliphatic carbocycles. The average Bonchev–Trinajstić information content (AvgIpc) is 2.82. The first-order valence-corrected chi connectivity index (χ1v) is 10.4. The van der Waals surface area contributed by atoms with Gasteiger partial charge in [-0.3, -0.25) is 14.4 Å². The Kier molecular flexibility index (Phi) is 9.08. The largest absolute Gasteiger partial charge is 0.493 e. The normalized spacial score (nSPS) is 12.6. The molecule has 0 amide bonds. The minimum Gasteiger partial charge on any atom is -0.493 e. The fraction of sp³-hybridized carbons (Fsp3) is 0.375. The van der Waals surface area contributed by atoms with E-state index in [1.165, 1.54) is 28.4 Å². The standard InChI is InChI=1S/C24H27ClO7/c1-6-17(22(26)14-7-10-16(25)11-8-14)20(21(23(27)31-4)24(28)32-5)15-9-12-18(29-2)19(13-15)30-3/h7-13,17,20-21H,6H2,1-5H3/t17-,20-/m1/s1. The van der Waals surface area contributed by atoms with E-state index >= 15 is 0 Å². The van der Waals surface area contributed by atoms with Gasteiger partial charge in [0.05, 0.1) is 28.4 Å². The van der Waals surface area contributed by atoms with Gasteiger partial charge in [-0.05, 0) is 48.4 Å². The Labute approximate surface area is 192 Å². The summed E-state index contributed by atoms with van der Waals surface area (Å²) >= 11 is 5.96. The third-order valence-corrected chi connectivity index (χ3v) is 5.65. The number of ketones is 1. The van der Waals surface area contributed by atoms with Crippen LogP contribution in [0.2, 0.25) is 5.02 Å². The molecule has 0 heterocycles. The quantitative estimate of drug-likeness (QED) is 0.295. The molecule has 2 atom stereocenters. The van der Waals surface area contributed by atoms with Crippen LogP contribution in [0.3, 0.4) is 0 Å². The highest BCUT2D eigenvalue weighted by Crippen LogP contribution is 2.41. The molecule has 0 saturated heterocycles. The van der Waals surface area contributed by atoms with Gasteiger partial charge in [0, 0.05) is 22.4 Å². The lowest BCUT2D eigenvalue weighted by atomic mass is 9.72. The van der Waals surface area contributed by atoms with Crippen LogP contribution in [0, 0.1) is 11.8 Å². The molecule has 2 aromatic carbocycles. The van der Waals surface area contributed by atoms with Crippen LogP contribution in [0.25, 0.3) is 0 Å². The number of benzene rings is 2. The average molecular weight is 463 g/mol. The van der Waals surface area contributed by atoms with Gasteiger partial charge in [0.2, 0.25) is 0 Å². The number of ether oxygens (including phenoxy) is 4. The van der Waals surface area contributed by atoms with Crippen molar-refractivity contribution < 1.29 is 33.3 Å². The maximum absolute atomic E-state index is 13.5. The van der Waals surface area contributed by atoms with E-state index in [1.54, 1.807) is 42.5 Å². The van der Waals surface area contributed by atoms with Crippen molar-refractivity contribution in [3.63, 3.8) is 0 Å². The first-order chi connectivity index (χ1) is 15.3. The zero-order valence-corrected chi connectivity index (χ0v) is 19.5. The van der Waals surface area contributed by atoms with E-state index < -0.39 is 29.7 Å². The van der Waals surface area contributed by atoms with Crippen molar-refractivity contribution in [3.8, 4) is 11.5 Å². The molecule has 0 bridgehead atoms. The number of hydrogen-bond donors (Lipinski definition) is 0. The molecule has 0 unspecified atom stereocenters. The monoisotopic (exact) mass is 462 g/mol. The third kappa shape index (κ3) is 5.40. The second-order valence-electron chi connectivity index (χ2n) is 7.05. The SMILES string of the molecule is CC[C@@H](C(=O)c1ccc(Cl)cc1)[C@@H](c1ccc(OC)c(OC)c1)C(C(=O)OC)C(=O)OC. The van der Waals surface area contributed by atoms with Crippen LogP contribution in [0.15, 0.2) is 42.5 Å². The molecule has 0 aliphatic heterocycles. The molecule has 2 rings (SSSR count). The van der Waals surface area contributed by atoms with E-state index in [0.717, 1.165) is 0 Å². The van der Waals surface area contributed by atoms with Crippen molar-refractivity contribution >= 4 is 29.3 Å². The summed E-state index contributed by atoms with van der Waals surface area (Å²) in [5.41, 5.74) is 0.956. The smallest absolute Gasteiger partial charge is 0.320 e. The Morgan fingerprint density at radius 2 is 1.41 bits per heavy atom. The number of rotatable bonds is 10. The number of hydrogen-bond acceptors (Lipinski definition) is 7. The number of carbonyl (C=O) groups excluding carboxylic acids is 3. The minimum atomic E-state index is -1.36. The third-order valence-electron chi connectivity index (χ3n) is 5.40. The van der Waals surface area contributed by atoms with Gasteiger partial charge in [-0.1, -0.05) is 24.6 Å². The van der Waals surface area contributed by atoms with Gasteiger partial charge < -0.3 is 18.9 Å². The number of Topliss-reactive ketones (excluding diaryl/α,β-unsaturated/α-hetero) is 1. The highest BCUT2D eigenvalue weighted by molar-refractivity contribution is 6.30. The lowest BCUT2D eigenvalue weighted by Gasteiger charge is -2.30.